The first-order chi connectivity index (χ1) is 8.17. The van der Waals surface area contributed by atoms with E-state index in [0.717, 1.165) is 10.5 Å². The molecule has 0 saturated heterocycles. The standard InChI is InChI=1S/C13H19NO2S/c1-2-14(8-3-9-15)13(16)10-11-4-6-12(17)7-5-11/h4-7,15,17H,2-3,8-10H2,1H3. The molecule has 0 spiro atoms. The van der Waals surface area contributed by atoms with Crippen molar-refractivity contribution in [2.45, 2.75) is 24.7 Å². The van der Waals surface area contributed by atoms with Gasteiger partial charge in [-0.05, 0) is 31.0 Å². The monoisotopic (exact) mass is 253 g/mol. The van der Waals surface area contributed by atoms with Crippen LogP contribution in [0.15, 0.2) is 29.2 Å². The molecule has 0 saturated carbocycles. The summed E-state index contributed by atoms with van der Waals surface area (Å²) in [7, 11) is 0. The quantitative estimate of drug-likeness (QED) is 0.758. The zero-order chi connectivity index (χ0) is 12.7. The van der Waals surface area contributed by atoms with Crippen LogP contribution in [0.5, 0.6) is 0 Å². The van der Waals surface area contributed by atoms with Crippen molar-refractivity contribution < 1.29 is 9.90 Å². The molecule has 17 heavy (non-hydrogen) atoms. The first kappa shape index (κ1) is 14.1. The molecule has 0 aliphatic rings. The number of rotatable bonds is 6. The van der Waals surface area contributed by atoms with E-state index < -0.39 is 0 Å². The highest BCUT2D eigenvalue weighted by atomic mass is 32.1. The smallest absolute Gasteiger partial charge is 0.226 e. The van der Waals surface area contributed by atoms with Crippen LogP contribution >= 0.6 is 12.6 Å². The molecule has 1 aromatic carbocycles. The molecule has 0 aromatic heterocycles. The van der Waals surface area contributed by atoms with Crippen molar-refractivity contribution in [3.05, 3.63) is 29.8 Å². The Balaban J connectivity index is 2.54. The first-order valence-electron chi connectivity index (χ1n) is 5.84. The second-order valence-electron chi connectivity index (χ2n) is 3.89. The third-order valence-corrected chi connectivity index (χ3v) is 2.91. The number of aliphatic hydroxyl groups excluding tert-OH is 1. The van der Waals surface area contributed by atoms with Gasteiger partial charge >= 0.3 is 0 Å². The van der Waals surface area contributed by atoms with Gasteiger partial charge in [0.05, 0.1) is 6.42 Å². The van der Waals surface area contributed by atoms with Crippen LogP contribution in [0.25, 0.3) is 0 Å². The molecule has 3 nitrogen and oxygen atoms in total. The molecule has 1 amide bonds. The van der Waals surface area contributed by atoms with Gasteiger partial charge in [0.2, 0.25) is 5.91 Å². The van der Waals surface area contributed by atoms with E-state index in [1.54, 1.807) is 4.90 Å². The molecule has 0 radical (unpaired) electrons. The Morgan fingerprint density at radius 3 is 2.53 bits per heavy atom. The molecular weight excluding hydrogens is 234 g/mol. The lowest BCUT2D eigenvalue weighted by molar-refractivity contribution is -0.130. The maximum atomic E-state index is 12.0. The number of benzene rings is 1. The Hall–Kier alpha value is -1.00. The van der Waals surface area contributed by atoms with Crippen LogP contribution in [0.3, 0.4) is 0 Å². The summed E-state index contributed by atoms with van der Waals surface area (Å²) < 4.78 is 0. The van der Waals surface area contributed by atoms with Gasteiger partial charge in [0.15, 0.2) is 0 Å². The fourth-order valence-corrected chi connectivity index (χ4v) is 1.77. The third kappa shape index (κ3) is 4.79. The molecule has 1 rings (SSSR count). The van der Waals surface area contributed by atoms with Crippen molar-refractivity contribution in [2.24, 2.45) is 0 Å². The van der Waals surface area contributed by atoms with Crippen LogP contribution < -0.4 is 0 Å². The van der Waals surface area contributed by atoms with Crippen molar-refractivity contribution in [2.75, 3.05) is 19.7 Å². The highest BCUT2D eigenvalue weighted by molar-refractivity contribution is 7.80. The lowest BCUT2D eigenvalue weighted by Crippen LogP contribution is -2.33. The van der Waals surface area contributed by atoms with Gasteiger partial charge in [-0.15, -0.1) is 12.6 Å². The summed E-state index contributed by atoms with van der Waals surface area (Å²) in [5.41, 5.74) is 0.996. The van der Waals surface area contributed by atoms with Crippen molar-refractivity contribution in [1.29, 1.82) is 0 Å². The van der Waals surface area contributed by atoms with E-state index in [0.29, 0.717) is 25.9 Å². The second-order valence-corrected chi connectivity index (χ2v) is 4.41. The summed E-state index contributed by atoms with van der Waals surface area (Å²) in [4.78, 5) is 14.6. The van der Waals surface area contributed by atoms with E-state index in [4.69, 9.17) is 5.11 Å². The number of amides is 1. The Morgan fingerprint density at radius 2 is 2.00 bits per heavy atom. The number of carbonyl (C=O) groups excluding carboxylic acids is 1. The van der Waals surface area contributed by atoms with E-state index in [9.17, 15) is 4.79 Å². The second kappa shape index (κ2) is 7.35. The van der Waals surface area contributed by atoms with Crippen LogP contribution in [0.4, 0.5) is 0 Å². The highest BCUT2D eigenvalue weighted by Crippen LogP contribution is 2.09. The predicted molar refractivity (Wildman–Crippen MR) is 71.4 cm³/mol. The molecule has 0 aliphatic heterocycles. The number of aliphatic hydroxyl groups is 1. The number of likely N-dealkylation sites (N-methyl/N-ethyl adjacent to an activating group) is 1. The van der Waals surface area contributed by atoms with Gasteiger partial charge in [-0.2, -0.15) is 0 Å². The van der Waals surface area contributed by atoms with E-state index in [-0.39, 0.29) is 12.5 Å². The van der Waals surface area contributed by atoms with Crippen LogP contribution in [-0.2, 0) is 11.2 Å². The van der Waals surface area contributed by atoms with Crippen molar-refractivity contribution in [3.63, 3.8) is 0 Å². The van der Waals surface area contributed by atoms with Gasteiger partial charge in [-0.1, -0.05) is 12.1 Å². The zero-order valence-electron chi connectivity index (χ0n) is 10.1. The van der Waals surface area contributed by atoms with Crippen molar-refractivity contribution in [1.82, 2.24) is 4.90 Å². The number of hydrogen-bond donors (Lipinski definition) is 2. The van der Waals surface area contributed by atoms with E-state index in [1.807, 2.05) is 31.2 Å². The number of carbonyl (C=O) groups is 1. The highest BCUT2D eigenvalue weighted by Gasteiger charge is 2.11. The van der Waals surface area contributed by atoms with Gasteiger partial charge in [0.25, 0.3) is 0 Å². The summed E-state index contributed by atoms with van der Waals surface area (Å²) in [6.07, 6.45) is 1.04. The minimum atomic E-state index is 0.105. The fourth-order valence-electron chi connectivity index (χ4n) is 1.62. The minimum absolute atomic E-state index is 0.105. The van der Waals surface area contributed by atoms with Gasteiger partial charge in [-0.3, -0.25) is 4.79 Å². The molecule has 0 bridgehead atoms. The Bertz CT molecular complexity index is 351. The van der Waals surface area contributed by atoms with Gasteiger partial charge in [-0.25, -0.2) is 0 Å². The lowest BCUT2D eigenvalue weighted by atomic mass is 10.1. The molecule has 0 fully saturated rings. The molecule has 1 aromatic rings. The summed E-state index contributed by atoms with van der Waals surface area (Å²) in [6.45, 7) is 3.38. The van der Waals surface area contributed by atoms with Crippen LogP contribution in [0.2, 0.25) is 0 Å². The van der Waals surface area contributed by atoms with Gasteiger partial charge in [0, 0.05) is 24.6 Å². The molecule has 94 valence electrons. The molecule has 0 unspecified atom stereocenters. The van der Waals surface area contributed by atoms with Crippen molar-refractivity contribution in [3.8, 4) is 0 Å². The molecule has 0 atom stereocenters. The minimum Gasteiger partial charge on any atom is -0.396 e. The number of thiol groups is 1. The number of nitrogens with zero attached hydrogens (tertiary/aromatic N) is 1. The summed E-state index contributed by atoms with van der Waals surface area (Å²) >= 11 is 4.20. The van der Waals surface area contributed by atoms with Crippen LogP contribution in [-0.4, -0.2) is 35.6 Å². The Kier molecular flexibility index (Phi) is 6.08. The Morgan fingerprint density at radius 1 is 1.35 bits per heavy atom. The predicted octanol–water partition coefficient (Wildman–Crippen LogP) is 1.75. The molecule has 1 N–H and O–H groups in total. The average molecular weight is 253 g/mol. The van der Waals surface area contributed by atoms with Crippen molar-refractivity contribution >= 4 is 18.5 Å². The molecular formula is C13H19NO2S. The van der Waals surface area contributed by atoms with Gasteiger partial charge in [0.1, 0.15) is 0 Å². The summed E-state index contributed by atoms with van der Waals surface area (Å²) in [5.74, 6) is 0.105. The normalized spacial score (nSPS) is 10.3. The van der Waals surface area contributed by atoms with E-state index in [1.165, 1.54) is 0 Å². The molecule has 4 heteroatoms. The van der Waals surface area contributed by atoms with E-state index in [2.05, 4.69) is 12.6 Å². The topological polar surface area (TPSA) is 40.5 Å². The van der Waals surface area contributed by atoms with E-state index >= 15 is 0 Å². The molecule has 0 heterocycles. The number of hydrogen-bond acceptors (Lipinski definition) is 3. The third-order valence-electron chi connectivity index (χ3n) is 2.61. The van der Waals surface area contributed by atoms with Crippen LogP contribution in [0, 0.1) is 0 Å². The molecule has 0 aliphatic carbocycles. The largest absolute Gasteiger partial charge is 0.396 e. The summed E-state index contributed by atoms with van der Waals surface area (Å²) in [5, 5.41) is 8.77. The van der Waals surface area contributed by atoms with Crippen LogP contribution in [0.1, 0.15) is 18.9 Å². The lowest BCUT2D eigenvalue weighted by Gasteiger charge is -2.20. The maximum absolute atomic E-state index is 12.0. The zero-order valence-corrected chi connectivity index (χ0v) is 11.0. The Labute approximate surface area is 108 Å². The average Bonchev–Trinajstić information content (AvgIpc) is 2.33. The fraction of sp³-hybridized carbons (Fsp3) is 0.462. The first-order valence-corrected chi connectivity index (χ1v) is 6.28. The van der Waals surface area contributed by atoms with Gasteiger partial charge < -0.3 is 10.0 Å². The maximum Gasteiger partial charge on any atom is 0.226 e. The SMILES string of the molecule is CCN(CCCO)C(=O)Cc1ccc(S)cc1. The summed E-state index contributed by atoms with van der Waals surface area (Å²) in [6, 6.07) is 7.60.